The quantitative estimate of drug-likeness (QED) is 0.637. The number of carbonyl (C=O) groups excluding carboxylic acids is 4. The second kappa shape index (κ2) is 8.87. The van der Waals surface area contributed by atoms with E-state index in [9.17, 15) is 14.4 Å². The highest BCUT2D eigenvalue weighted by molar-refractivity contribution is 5.91. The number of Topliss-reactive ketones (excluding diaryl/α,β-unsaturated/α-hetero) is 1. The lowest BCUT2D eigenvalue weighted by Gasteiger charge is -2.58. The first kappa shape index (κ1) is 23.7. The van der Waals surface area contributed by atoms with Crippen LogP contribution in [-0.4, -0.2) is 30.1 Å². The molecule has 172 valence electrons. The summed E-state index contributed by atoms with van der Waals surface area (Å²) in [7, 11) is 0. The summed E-state index contributed by atoms with van der Waals surface area (Å²) >= 11 is 0. The molecule has 0 radical (unpaired) electrons. The lowest BCUT2D eigenvalue weighted by molar-refractivity contribution is -0.302. The zero-order valence-electron chi connectivity index (χ0n) is 19.2. The Morgan fingerprint density at radius 3 is 2.35 bits per heavy atom. The van der Waals surface area contributed by atoms with Gasteiger partial charge in [-0.15, -0.1) is 0 Å². The van der Waals surface area contributed by atoms with Crippen LogP contribution in [0.15, 0.2) is 11.6 Å². The summed E-state index contributed by atoms with van der Waals surface area (Å²) in [6, 6.07) is 0. The summed E-state index contributed by atoms with van der Waals surface area (Å²) in [5.41, 5.74) is 1.61. The van der Waals surface area contributed by atoms with E-state index in [0.717, 1.165) is 51.9 Å². The van der Waals surface area contributed by atoms with Crippen molar-refractivity contribution in [2.75, 3.05) is 6.61 Å². The van der Waals surface area contributed by atoms with Gasteiger partial charge in [0.2, 0.25) is 0 Å². The van der Waals surface area contributed by atoms with Crippen molar-refractivity contribution in [3.8, 4) is 0 Å². The van der Waals surface area contributed by atoms with Crippen LogP contribution in [0.4, 0.5) is 0 Å². The van der Waals surface area contributed by atoms with Gasteiger partial charge >= 0.3 is 5.97 Å². The molecule has 4 rings (SSSR count). The van der Waals surface area contributed by atoms with Crippen molar-refractivity contribution in [2.24, 2.45) is 34.5 Å². The topological polar surface area (TPSA) is 101 Å². The SMILES string of the molecule is CC(=O)OCC(=O)[C@H]1CC[C@H]2[C@@H]3CCC4=CC(=O)CC[C@]4(C)[C@H]3CC[C@]12C.CC(=O)[O-]. The number of fused-ring (bicyclic) bond motifs is 5. The second-order valence-corrected chi connectivity index (χ2v) is 10.4. The van der Waals surface area contributed by atoms with Gasteiger partial charge in [0.15, 0.2) is 11.6 Å². The van der Waals surface area contributed by atoms with E-state index >= 15 is 0 Å². The molecule has 6 atom stereocenters. The molecule has 0 aromatic carbocycles. The van der Waals surface area contributed by atoms with Gasteiger partial charge in [0.25, 0.3) is 0 Å². The standard InChI is InChI=1S/C23H32O4.C2H4O2/c1-14(24)27-13-21(26)20-7-6-18-17-5-4-15-12-16(25)8-10-22(15,2)19(17)9-11-23(18,20)3;1-2(3)4/h12,17-20H,4-11,13H2,1-3H3;1H3,(H,3,4)/p-1/t17-,18-,19-,20+,22-,23-;/m0./s1. The molecule has 0 aliphatic heterocycles. The Kier molecular flexibility index (Phi) is 6.78. The number of hydrogen-bond acceptors (Lipinski definition) is 6. The third-order valence-corrected chi connectivity index (χ3v) is 8.77. The molecule has 0 amide bonds. The Morgan fingerprint density at radius 1 is 1.03 bits per heavy atom. The predicted octanol–water partition coefficient (Wildman–Crippen LogP) is 3.02. The summed E-state index contributed by atoms with van der Waals surface area (Å²) in [6.45, 7) is 6.97. The highest BCUT2D eigenvalue weighted by atomic mass is 16.5. The molecular weight excluding hydrogens is 396 g/mol. The van der Waals surface area contributed by atoms with E-state index in [2.05, 4.69) is 13.8 Å². The highest BCUT2D eigenvalue weighted by Gasteiger charge is 2.60. The van der Waals surface area contributed by atoms with Gasteiger partial charge in [0, 0.05) is 25.2 Å². The average Bonchev–Trinajstić information content (AvgIpc) is 3.03. The zero-order valence-corrected chi connectivity index (χ0v) is 19.2. The van der Waals surface area contributed by atoms with Crippen LogP contribution in [0.25, 0.3) is 0 Å². The average molecular weight is 432 g/mol. The molecule has 6 heteroatoms. The largest absolute Gasteiger partial charge is 0.550 e. The molecule has 3 saturated carbocycles. The van der Waals surface area contributed by atoms with Crippen molar-refractivity contribution in [3.63, 3.8) is 0 Å². The first-order chi connectivity index (χ1) is 14.5. The Hall–Kier alpha value is -1.98. The smallest absolute Gasteiger partial charge is 0.303 e. The van der Waals surface area contributed by atoms with Crippen molar-refractivity contribution in [1.82, 2.24) is 0 Å². The van der Waals surface area contributed by atoms with Crippen LogP contribution in [0.5, 0.6) is 0 Å². The van der Waals surface area contributed by atoms with E-state index in [-0.39, 0.29) is 35.1 Å². The van der Waals surface area contributed by atoms with Crippen LogP contribution < -0.4 is 5.11 Å². The van der Waals surface area contributed by atoms with E-state index < -0.39 is 5.97 Å². The normalized spacial score (nSPS) is 38.5. The summed E-state index contributed by atoms with van der Waals surface area (Å²) in [4.78, 5) is 44.7. The number of esters is 1. The van der Waals surface area contributed by atoms with Crippen LogP contribution in [0.2, 0.25) is 0 Å². The number of aliphatic carboxylic acids is 1. The molecular formula is C25H35O6-. The monoisotopic (exact) mass is 431 g/mol. The van der Waals surface area contributed by atoms with Crippen molar-refractivity contribution < 1.29 is 29.0 Å². The number of ether oxygens (including phenoxy) is 1. The zero-order chi connectivity index (χ0) is 23.0. The summed E-state index contributed by atoms with van der Waals surface area (Å²) in [5.74, 6) is 0.867. The number of carboxylic acids is 1. The second-order valence-electron chi connectivity index (χ2n) is 10.4. The molecule has 0 spiro atoms. The molecule has 4 aliphatic carbocycles. The molecule has 0 aromatic rings. The van der Waals surface area contributed by atoms with Crippen molar-refractivity contribution in [3.05, 3.63) is 11.6 Å². The minimum absolute atomic E-state index is 0.0282. The Bertz CT molecular complexity index is 794. The van der Waals surface area contributed by atoms with E-state index in [4.69, 9.17) is 14.6 Å². The first-order valence-corrected chi connectivity index (χ1v) is 11.6. The maximum absolute atomic E-state index is 12.8. The van der Waals surface area contributed by atoms with Gasteiger partial charge in [0.1, 0.15) is 6.61 Å². The molecule has 6 nitrogen and oxygen atoms in total. The minimum atomic E-state index is -1.08. The fourth-order valence-electron chi connectivity index (χ4n) is 7.36. The molecule has 0 N–H and O–H groups in total. The van der Waals surface area contributed by atoms with Crippen LogP contribution in [-0.2, 0) is 23.9 Å². The molecule has 3 fully saturated rings. The van der Waals surface area contributed by atoms with E-state index in [1.54, 1.807) is 0 Å². The number of rotatable bonds is 3. The molecule has 0 aromatic heterocycles. The highest BCUT2D eigenvalue weighted by Crippen LogP contribution is 2.66. The number of hydrogen-bond donors (Lipinski definition) is 0. The Labute approximate surface area is 184 Å². The minimum Gasteiger partial charge on any atom is -0.550 e. The third-order valence-electron chi connectivity index (χ3n) is 8.77. The van der Waals surface area contributed by atoms with E-state index in [1.807, 2.05) is 6.08 Å². The molecule has 0 unspecified atom stereocenters. The predicted molar refractivity (Wildman–Crippen MR) is 113 cm³/mol. The number of carbonyl (C=O) groups is 4. The molecule has 31 heavy (non-hydrogen) atoms. The fraction of sp³-hybridized carbons (Fsp3) is 0.760. The van der Waals surface area contributed by atoms with Crippen molar-refractivity contribution in [2.45, 2.75) is 79.1 Å². The van der Waals surface area contributed by atoms with Gasteiger partial charge in [-0.25, -0.2) is 0 Å². The van der Waals surface area contributed by atoms with Gasteiger partial charge < -0.3 is 14.6 Å². The van der Waals surface area contributed by atoms with Gasteiger partial charge in [-0.05, 0) is 86.5 Å². The third kappa shape index (κ3) is 4.49. The summed E-state index contributed by atoms with van der Waals surface area (Å²) in [6.07, 6.45) is 10.1. The van der Waals surface area contributed by atoms with Gasteiger partial charge in [0.05, 0.1) is 0 Å². The van der Waals surface area contributed by atoms with Crippen LogP contribution in [0.3, 0.4) is 0 Å². The molecule has 0 bridgehead atoms. The molecule has 0 heterocycles. The maximum Gasteiger partial charge on any atom is 0.303 e. The van der Waals surface area contributed by atoms with Crippen molar-refractivity contribution in [1.29, 1.82) is 0 Å². The number of ketones is 2. The maximum atomic E-state index is 12.8. The van der Waals surface area contributed by atoms with Crippen LogP contribution in [0.1, 0.15) is 79.1 Å². The van der Waals surface area contributed by atoms with Crippen LogP contribution >= 0.6 is 0 Å². The van der Waals surface area contributed by atoms with E-state index in [0.29, 0.717) is 30.0 Å². The molecule has 0 saturated heterocycles. The van der Waals surface area contributed by atoms with Crippen LogP contribution in [0, 0.1) is 34.5 Å². The Balaban J connectivity index is 0.000000628. The van der Waals surface area contributed by atoms with Gasteiger partial charge in [-0.3, -0.25) is 14.4 Å². The fourth-order valence-corrected chi connectivity index (χ4v) is 7.36. The van der Waals surface area contributed by atoms with Gasteiger partial charge in [-0.2, -0.15) is 0 Å². The van der Waals surface area contributed by atoms with Gasteiger partial charge in [-0.1, -0.05) is 19.4 Å². The van der Waals surface area contributed by atoms with Crippen molar-refractivity contribution >= 4 is 23.5 Å². The lowest BCUT2D eigenvalue weighted by Crippen LogP contribution is -2.51. The lowest BCUT2D eigenvalue weighted by atomic mass is 9.46. The first-order valence-electron chi connectivity index (χ1n) is 11.6. The summed E-state index contributed by atoms with van der Waals surface area (Å²) in [5, 5.41) is 8.89. The number of allylic oxidation sites excluding steroid dienone is 1. The van der Waals surface area contributed by atoms with E-state index in [1.165, 1.54) is 12.5 Å². The Morgan fingerprint density at radius 2 is 1.71 bits per heavy atom. The number of carboxylic acid groups (broad SMARTS) is 1. The summed E-state index contributed by atoms with van der Waals surface area (Å²) < 4.78 is 5.02. The molecule has 4 aliphatic rings.